The highest BCUT2D eigenvalue weighted by Gasteiger charge is 2.36. The van der Waals surface area contributed by atoms with Crippen molar-refractivity contribution in [1.29, 1.82) is 0 Å². The fourth-order valence-electron chi connectivity index (χ4n) is 1.26. The largest absolute Gasteiger partial charge is 0.480 e. The lowest BCUT2D eigenvalue weighted by atomic mass is 10.0. The Morgan fingerprint density at radius 3 is 2.00 bits per heavy atom. The summed E-state index contributed by atoms with van der Waals surface area (Å²) in [7, 11) is 3.18. The molecular formula is C11H22N2O3. The maximum Gasteiger partial charge on any atom is 0.329 e. The minimum Gasteiger partial charge on any atom is -0.480 e. The Morgan fingerprint density at radius 1 is 1.25 bits per heavy atom. The minimum absolute atomic E-state index is 0.277. The van der Waals surface area contributed by atoms with Gasteiger partial charge in [0.2, 0.25) is 0 Å². The van der Waals surface area contributed by atoms with Crippen molar-refractivity contribution in [3.05, 3.63) is 0 Å². The van der Waals surface area contributed by atoms with Crippen molar-refractivity contribution in [3.8, 4) is 0 Å². The normalized spacial score (nSPS) is 11.4. The lowest BCUT2D eigenvalue weighted by Gasteiger charge is -2.35. The van der Waals surface area contributed by atoms with Gasteiger partial charge in [0.15, 0.2) is 0 Å². The number of carbonyl (C=O) groups is 2. The number of likely N-dealkylation sites (N-methyl/N-ethyl adjacent to an activating group) is 1. The Bertz CT molecular complexity index is 274. The zero-order valence-electron chi connectivity index (χ0n) is 10.9. The Balaban J connectivity index is 4.67. The Labute approximate surface area is 97.0 Å². The first-order valence-corrected chi connectivity index (χ1v) is 5.33. The molecule has 0 rings (SSSR count). The van der Waals surface area contributed by atoms with Crippen molar-refractivity contribution in [2.75, 3.05) is 20.6 Å². The van der Waals surface area contributed by atoms with Crippen LogP contribution in [0.5, 0.6) is 0 Å². The van der Waals surface area contributed by atoms with Crippen molar-refractivity contribution in [3.63, 3.8) is 0 Å². The Morgan fingerprint density at radius 2 is 1.69 bits per heavy atom. The van der Waals surface area contributed by atoms with E-state index in [4.69, 9.17) is 5.11 Å². The van der Waals surface area contributed by atoms with Crippen LogP contribution in [0.3, 0.4) is 0 Å². The molecule has 1 N–H and O–H groups in total. The summed E-state index contributed by atoms with van der Waals surface area (Å²) in [5.41, 5.74) is -1.19. The quantitative estimate of drug-likeness (QED) is 0.796. The van der Waals surface area contributed by atoms with Gasteiger partial charge in [0.25, 0.3) is 0 Å². The second-order valence-corrected chi connectivity index (χ2v) is 4.98. The van der Waals surface area contributed by atoms with E-state index in [9.17, 15) is 9.59 Å². The van der Waals surface area contributed by atoms with E-state index in [0.29, 0.717) is 12.5 Å². The van der Waals surface area contributed by atoms with Gasteiger partial charge in [0, 0.05) is 20.6 Å². The molecule has 16 heavy (non-hydrogen) atoms. The zero-order chi connectivity index (χ0) is 13.1. The van der Waals surface area contributed by atoms with Gasteiger partial charge < -0.3 is 14.9 Å². The van der Waals surface area contributed by atoms with Crippen LogP contribution in [-0.2, 0) is 4.79 Å². The van der Waals surface area contributed by atoms with E-state index in [1.54, 1.807) is 7.05 Å². The lowest BCUT2D eigenvalue weighted by molar-refractivity contribution is -0.147. The topological polar surface area (TPSA) is 60.9 Å². The smallest absolute Gasteiger partial charge is 0.329 e. The Kier molecular flexibility index (Phi) is 4.78. The standard InChI is InChI=1S/C11H22N2O3/c1-8(2)7-12(5)10(16)13(6)11(3,4)9(14)15/h8H,7H2,1-6H3,(H,14,15). The van der Waals surface area contributed by atoms with E-state index < -0.39 is 11.5 Å². The van der Waals surface area contributed by atoms with Crippen LogP contribution < -0.4 is 0 Å². The highest BCUT2D eigenvalue weighted by atomic mass is 16.4. The first-order valence-electron chi connectivity index (χ1n) is 5.33. The number of hydrogen-bond acceptors (Lipinski definition) is 2. The van der Waals surface area contributed by atoms with E-state index in [0.717, 1.165) is 0 Å². The molecule has 0 fully saturated rings. The van der Waals surface area contributed by atoms with Gasteiger partial charge in [-0.2, -0.15) is 0 Å². The third kappa shape index (κ3) is 3.40. The minimum atomic E-state index is -1.19. The van der Waals surface area contributed by atoms with Gasteiger partial charge in [-0.05, 0) is 19.8 Å². The number of hydrogen-bond donors (Lipinski definition) is 1. The number of carboxylic acids is 1. The first-order chi connectivity index (χ1) is 7.10. The summed E-state index contributed by atoms with van der Waals surface area (Å²) in [5.74, 6) is -0.656. The predicted octanol–water partition coefficient (Wildman–Crippen LogP) is 1.49. The number of nitrogens with zero attached hydrogens (tertiary/aromatic N) is 2. The van der Waals surface area contributed by atoms with Crippen molar-refractivity contribution < 1.29 is 14.7 Å². The van der Waals surface area contributed by atoms with Gasteiger partial charge >= 0.3 is 12.0 Å². The lowest BCUT2D eigenvalue weighted by Crippen LogP contribution is -2.54. The van der Waals surface area contributed by atoms with Crippen molar-refractivity contribution in [2.24, 2.45) is 5.92 Å². The molecule has 5 nitrogen and oxygen atoms in total. The third-order valence-corrected chi connectivity index (χ3v) is 2.61. The molecule has 0 aromatic carbocycles. The number of rotatable bonds is 4. The zero-order valence-corrected chi connectivity index (χ0v) is 10.9. The van der Waals surface area contributed by atoms with Crippen LogP contribution in [0.4, 0.5) is 4.79 Å². The van der Waals surface area contributed by atoms with Crippen molar-refractivity contribution in [2.45, 2.75) is 33.2 Å². The molecule has 0 aliphatic rings. The maximum atomic E-state index is 11.9. The summed E-state index contributed by atoms with van der Waals surface area (Å²) in [6.45, 7) is 7.64. The van der Waals surface area contributed by atoms with Gasteiger partial charge in [0.1, 0.15) is 5.54 Å². The average Bonchev–Trinajstić information content (AvgIpc) is 2.13. The average molecular weight is 230 g/mol. The van der Waals surface area contributed by atoms with E-state index in [1.165, 1.54) is 30.7 Å². The summed E-state index contributed by atoms with van der Waals surface area (Å²) >= 11 is 0. The number of carbonyl (C=O) groups excluding carboxylic acids is 1. The second-order valence-electron chi connectivity index (χ2n) is 4.98. The number of carboxylic acid groups (broad SMARTS) is 1. The third-order valence-electron chi connectivity index (χ3n) is 2.61. The van der Waals surface area contributed by atoms with Crippen LogP contribution >= 0.6 is 0 Å². The van der Waals surface area contributed by atoms with Gasteiger partial charge in [0.05, 0.1) is 0 Å². The van der Waals surface area contributed by atoms with E-state index >= 15 is 0 Å². The second kappa shape index (κ2) is 5.18. The van der Waals surface area contributed by atoms with Gasteiger partial charge in [-0.25, -0.2) is 9.59 Å². The number of urea groups is 1. The molecule has 0 unspecified atom stereocenters. The maximum absolute atomic E-state index is 11.9. The summed E-state index contributed by atoms with van der Waals surface area (Å²) in [6, 6.07) is -0.277. The highest BCUT2D eigenvalue weighted by Crippen LogP contribution is 2.14. The number of aliphatic carboxylic acids is 1. The summed E-state index contributed by atoms with van der Waals surface area (Å²) in [4.78, 5) is 25.7. The van der Waals surface area contributed by atoms with Crippen LogP contribution in [0.15, 0.2) is 0 Å². The van der Waals surface area contributed by atoms with Crippen LogP contribution in [0, 0.1) is 5.92 Å². The number of amides is 2. The molecule has 0 saturated heterocycles. The molecular weight excluding hydrogens is 208 g/mol. The predicted molar refractivity (Wildman–Crippen MR) is 62.3 cm³/mol. The van der Waals surface area contributed by atoms with Crippen LogP contribution in [-0.4, -0.2) is 53.1 Å². The molecule has 94 valence electrons. The van der Waals surface area contributed by atoms with Crippen LogP contribution in [0.25, 0.3) is 0 Å². The van der Waals surface area contributed by atoms with Crippen molar-refractivity contribution in [1.82, 2.24) is 9.80 Å². The fraction of sp³-hybridized carbons (Fsp3) is 0.818. The molecule has 0 aromatic heterocycles. The SMILES string of the molecule is CC(C)CN(C)C(=O)N(C)C(C)(C)C(=O)O. The molecule has 0 aliphatic heterocycles. The van der Waals surface area contributed by atoms with E-state index in [1.807, 2.05) is 13.8 Å². The molecule has 0 radical (unpaired) electrons. The van der Waals surface area contributed by atoms with Gasteiger partial charge in [-0.3, -0.25) is 0 Å². The van der Waals surface area contributed by atoms with Crippen LogP contribution in [0.1, 0.15) is 27.7 Å². The molecule has 0 bridgehead atoms. The Hall–Kier alpha value is -1.26. The van der Waals surface area contributed by atoms with Crippen LogP contribution in [0.2, 0.25) is 0 Å². The summed E-state index contributed by atoms with van der Waals surface area (Å²) in [5, 5.41) is 9.01. The summed E-state index contributed by atoms with van der Waals surface area (Å²) < 4.78 is 0. The molecule has 0 spiro atoms. The molecule has 0 aromatic rings. The molecule has 5 heteroatoms. The first kappa shape index (κ1) is 14.7. The monoisotopic (exact) mass is 230 g/mol. The van der Waals surface area contributed by atoms with E-state index in [2.05, 4.69) is 0 Å². The van der Waals surface area contributed by atoms with Gasteiger partial charge in [-0.1, -0.05) is 13.8 Å². The molecule has 0 saturated carbocycles. The van der Waals surface area contributed by atoms with E-state index in [-0.39, 0.29) is 6.03 Å². The molecule has 0 aliphatic carbocycles. The highest BCUT2D eigenvalue weighted by molar-refractivity contribution is 5.85. The van der Waals surface area contributed by atoms with Gasteiger partial charge in [-0.15, -0.1) is 0 Å². The summed E-state index contributed by atoms with van der Waals surface area (Å²) in [6.07, 6.45) is 0. The van der Waals surface area contributed by atoms with Crippen molar-refractivity contribution >= 4 is 12.0 Å². The fourth-order valence-corrected chi connectivity index (χ4v) is 1.26. The molecule has 2 amide bonds. The molecule has 0 atom stereocenters. The molecule has 0 heterocycles.